The Bertz CT molecular complexity index is 624. The highest BCUT2D eigenvalue weighted by Crippen LogP contribution is 2.38. The Balaban J connectivity index is 2.55. The van der Waals surface area contributed by atoms with Crippen LogP contribution >= 0.6 is 0 Å². The van der Waals surface area contributed by atoms with E-state index in [0.717, 1.165) is 6.07 Å². The Kier molecular flexibility index (Phi) is 3.65. The summed E-state index contributed by atoms with van der Waals surface area (Å²) in [7, 11) is 0. The van der Waals surface area contributed by atoms with Crippen molar-refractivity contribution in [1.29, 1.82) is 0 Å². The number of hydrogen-bond acceptors (Lipinski definition) is 3. The molecule has 0 unspecified atom stereocenters. The third-order valence-corrected chi connectivity index (χ3v) is 2.91. The molecule has 6 heteroatoms. The zero-order valence-corrected chi connectivity index (χ0v) is 10.9. The van der Waals surface area contributed by atoms with Gasteiger partial charge in [-0.05, 0) is 24.1 Å². The molecule has 0 saturated heterocycles. The average molecular weight is 282 g/mol. The van der Waals surface area contributed by atoms with E-state index in [1.165, 1.54) is 18.6 Å². The van der Waals surface area contributed by atoms with Crippen LogP contribution in [0.1, 0.15) is 31.0 Å². The van der Waals surface area contributed by atoms with Crippen molar-refractivity contribution in [3.8, 4) is 16.9 Å². The lowest BCUT2D eigenvalue weighted by Crippen LogP contribution is -2.05. The van der Waals surface area contributed by atoms with Gasteiger partial charge in [0.25, 0.3) is 0 Å². The van der Waals surface area contributed by atoms with Crippen molar-refractivity contribution in [3.63, 3.8) is 0 Å². The molecule has 0 fully saturated rings. The summed E-state index contributed by atoms with van der Waals surface area (Å²) < 4.78 is 37.7. The van der Waals surface area contributed by atoms with E-state index in [2.05, 4.69) is 9.97 Å². The molecule has 1 aromatic carbocycles. The zero-order chi connectivity index (χ0) is 14.9. The van der Waals surface area contributed by atoms with E-state index in [1.807, 2.05) is 13.8 Å². The van der Waals surface area contributed by atoms with E-state index in [1.54, 1.807) is 0 Å². The third kappa shape index (κ3) is 2.74. The number of benzene rings is 1. The molecular formula is C14H13F3N2O. The highest BCUT2D eigenvalue weighted by molar-refractivity contribution is 5.72. The highest BCUT2D eigenvalue weighted by atomic mass is 19.4. The number of phenols is 1. The maximum absolute atomic E-state index is 12.6. The van der Waals surface area contributed by atoms with Crippen molar-refractivity contribution in [3.05, 3.63) is 42.0 Å². The van der Waals surface area contributed by atoms with Gasteiger partial charge in [-0.2, -0.15) is 13.2 Å². The Morgan fingerprint density at radius 3 is 2.40 bits per heavy atom. The third-order valence-electron chi connectivity index (χ3n) is 2.91. The molecule has 0 atom stereocenters. The number of aromatic nitrogens is 2. The smallest absolute Gasteiger partial charge is 0.416 e. The fourth-order valence-electron chi connectivity index (χ4n) is 1.94. The zero-order valence-electron chi connectivity index (χ0n) is 10.9. The van der Waals surface area contributed by atoms with Gasteiger partial charge in [-0.25, -0.2) is 9.97 Å². The molecule has 0 radical (unpaired) electrons. The molecule has 20 heavy (non-hydrogen) atoms. The Labute approximate surface area is 114 Å². The van der Waals surface area contributed by atoms with Gasteiger partial charge in [-0.3, -0.25) is 0 Å². The summed E-state index contributed by atoms with van der Waals surface area (Å²) >= 11 is 0. The van der Waals surface area contributed by atoms with Crippen LogP contribution in [0.25, 0.3) is 11.1 Å². The van der Waals surface area contributed by atoms with E-state index in [4.69, 9.17) is 0 Å². The molecule has 1 aromatic heterocycles. The number of hydrogen-bond donors (Lipinski definition) is 1. The first-order valence-electron chi connectivity index (χ1n) is 6.01. The summed E-state index contributed by atoms with van der Waals surface area (Å²) in [5.41, 5.74) is 0.618. The van der Waals surface area contributed by atoms with Gasteiger partial charge >= 0.3 is 6.18 Å². The van der Waals surface area contributed by atoms with Crippen molar-refractivity contribution in [2.24, 2.45) is 0 Å². The number of nitrogens with zero attached hydrogens (tertiary/aromatic N) is 2. The van der Waals surface area contributed by atoms with Gasteiger partial charge in [0.05, 0.1) is 11.3 Å². The van der Waals surface area contributed by atoms with Crippen molar-refractivity contribution in [2.45, 2.75) is 25.9 Å². The number of aromatic hydroxyl groups is 1. The SMILES string of the molecule is CC(C)c1ncncc1-c1ccc(C(F)(F)F)cc1O. The van der Waals surface area contributed by atoms with Crippen LogP contribution in [-0.2, 0) is 6.18 Å². The highest BCUT2D eigenvalue weighted by Gasteiger charge is 2.31. The molecular weight excluding hydrogens is 269 g/mol. The van der Waals surface area contributed by atoms with Gasteiger partial charge in [0.2, 0.25) is 0 Å². The molecule has 0 aliphatic heterocycles. The standard InChI is InChI=1S/C14H13F3N2O/c1-8(2)13-11(6-18-7-19-13)10-4-3-9(5-12(10)20)14(15,16)17/h3-8,20H,1-2H3. The van der Waals surface area contributed by atoms with Crippen LogP contribution in [0.4, 0.5) is 13.2 Å². The molecule has 106 valence electrons. The van der Waals surface area contributed by atoms with Gasteiger partial charge < -0.3 is 5.11 Å². The molecule has 0 bridgehead atoms. The molecule has 3 nitrogen and oxygen atoms in total. The van der Waals surface area contributed by atoms with E-state index in [0.29, 0.717) is 22.9 Å². The van der Waals surface area contributed by atoms with Crippen LogP contribution in [0.5, 0.6) is 5.75 Å². The normalized spacial score (nSPS) is 11.9. The predicted molar refractivity (Wildman–Crippen MR) is 68.2 cm³/mol. The van der Waals surface area contributed by atoms with Gasteiger partial charge in [0.15, 0.2) is 0 Å². The summed E-state index contributed by atoms with van der Waals surface area (Å²) in [5, 5.41) is 9.86. The van der Waals surface area contributed by atoms with Crippen LogP contribution < -0.4 is 0 Å². The summed E-state index contributed by atoms with van der Waals surface area (Å²) in [6.45, 7) is 3.82. The number of alkyl halides is 3. The van der Waals surface area contributed by atoms with Crippen molar-refractivity contribution < 1.29 is 18.3 Å². The van der Waals surface area contributed by atoms with Gasteiger partial charge in [0.1, 0.15) is 12.1 Å². The van der Waals surface area contributed by atoms with Crippen LogP contribution in [0, 0.1) is 0 Å². The molecule has 0 spiro atoms. The fourth-order valence-corrected chi connectivity index (χ4v) is 1.94. The lowest BCUT2D eigenvalue weighted by Gasteiger charge is -2.13. The van der Waals surface area contributed by atoms with Crippen LogP contribution in [0.3, 0.4) is 0 Å². The fraction of sp³-hybridized carbons (Fsp3) is 0.286. The second-order valence-electron chi connectivity index (χ2n) is 4.71. The average Bonchev–Trinajstić information content (AvgIpc) is 2.37. The molecule has 0 saturated carbocycles. The van der Waals surface area contributed by atoms with E-state index < -0.39 is 17.5 Å². The molecule has 2 rings (SSSR count). The lowest BCUT2D eigenvalue weighted by atomic mass is 9.97. The van der Waals surface area contributed by atoms with E-state index >= 15 is 0 Å². The first-order valence-corrected chi connectivity index (χ1v) is 6.01. The topological polar surface area (TPSA) is 46.0 Å². The maximum atomic E-state index is 12.6. The van der Waals surface area contributed by atoms with Crippen LogP contribution in [-0.4, -0.2) is 15.1 Å². The first-order chi connectivity index (χ1) is 9.30. The van der Waals surface area contributed by atoms with Gasteiger partial charge in [0, 0.05) is 17.3 Å². The molecule has 1 N–H and O–H groups in total. The molecule has 0 aliphatic rings. The summed E-state index contributed by atoms with van der Waals surface area (Å²) in [6, 6.07) is 2.89. The Morgan fingerprint density at radius 1 is 1.15 bits per heavy atom. The van der Waals surface area contributed by atoms with Gasteiger partial charge in [-0.15, -0.1) is 0 Å². The van der Waals surface area contributed by atoms with Crippen molar-refractivity contribution in [1.82, 2.24) is 9.97 Å². The minimum Gasteiger partial charge on any atom is -0.507 e. The molecule has 0 aliphatic carbocycles. The quantitative estimate of drug-likeness (QED) is 0.905. The lowest BCUT2D eigenvalue weighted by molar-refractivity contribution is -0.137. The molecule has 1 heterocycles. The van der Waals surface area contributed by atoms with Crippen molar-refractivity contribution in [2.75, 3.05) is 0 Å². The molecule has 0 amide bonds. The summed E-state index contributed by atoms with van der Waals surface area (Å²) in [6.07, 6.45) is -1.62. The second kappa shape index (κ2) is 5.11. The van der Waals surface area contributed by atoms with Crippen LogP contribution in [0.15, 0.2) is 30.7 Å². The Morgan fingerprint density at radius 2 is 1.85 bits per heavy atom. The largest absolute Gasteiger partial charge is 0.507 e. The monoisotopic (exact) mass is 282 g/mol. The minimum absolute atomic E-state index is 0.0645. The minimum atomic E-state index is -4.48. The summed E-state index contributed by atoms with van der Waals surface area (Å²) in [5.74, 6) is -0.369. The summed E-state index contributed by atoms with van der Waals surface area (Å²) in [4.78, 5) is 7.99. The predicted octanol–water partition coefficient (Wildman–Crippen LogP) is 3.99. The van der Waals surface area contributed by atoms with Gasteiger partial charge in [-0.1, -0.05) is 13.8 Å². The van der Waals surface area contributed by atoms with E-state index in [9.17, 15) is 18.3 Å². The van der Waals surface area contributed by atoms with Crippen molar-refractivity contribution >= 4 is 0 Å². The van der Waals surface area contributed by atoms with E-state index in [-0.39, 0.29) is 5.92 Å². The number of rotatable bonds is 2. The number of phenolic OH excluding ortho intramolecular Hbond substituents is 1. The number of halogens is 3. The first kappa shape index (κ1) is 14.3. The maximum Gasteiger partial charge on any atom is 0.416 e. The Hall–Kier alpha value is -2.11. The molecule has 2 aromatic rings. The second-order valence-corrected chi connectivity index (χ2v) is 4.71. The van der Waals surface area contributed by atoms with Crippen LogP contribution in [0.2, 0.25) is 0 Å².